The normalized spacial score (nSPS) is 2.25. The predicted molar refractivity (Wildman–Crippen MR) is 38.1 cm³/mol. The quantitative estimate of drug-likeness (QED) is 0.237. The standard InChI is InChI=1S/Al.Mg.H5PSi.5H/c;;1-2;;;;;/h;;1H2,2H3;;;;;. The van der Waals surface area contributed by atoms with E-state index in [0.29, 0.717) is 0 Å². The molecule has 0 aliphatic carbocycles. The van der Waals surface area contributed by atoms with E-state index in [0.717, 1.165) is 0 Å². The van der Waals surface area contributed by atoms with Crippen molar-refractivity contribution in [1.82, 2.24) is 0 Å². The van der Waals surface area contributed by atoms with Gasteiger partial charge >= 0.3 is 23.1 Å². The van der Waals surface area contributed by atoms with Crippen molar-refractivity contribution in [3.8, 4) is 0 Å². The molecule has 0 aliphatic heterocycles. The fourth-order valence-corrected chi connectivity index (χ4v) is 0. The van der Waals surface area contributed by atoms with Gasteiger partial charge in [0.05, 0.1) is 0 Å². The summed E-state index contributed by atoms with van der Waals surface area (Å²) >= 11 is 0. The first-order valence-corrected chi connectivity index (χ1v) is 5.20. The van der Waals surface area contributed by atoms with Gasteiger partial charge in [-0.15, -0.1) is 0 Å². The molecular weight excluding hydrogens is 110 g/mol. The molecule has 0 aromatic rings. The third-order valence-corrected chi connectivity index (χ3v) is 0. The second-order valence-electron chi connectivity index (χ2n) is 0. The fraction of sp³-hybridized carbons (Fsp3) is 0. The van der Waals surface area contributed by atoms with Crippen LogP contribution in [0.1, 0.15) is 0 Å². The molecule has 0 spiro atoms. The number of hydrogen-bond donors (Lipinski definition) is 0. The topological polar surface area (TPSA) is 0 Å². The van der Waals surface area contributed by atoms with Gasteiger partial charge < -0.3 is 0 Å². The molecule has 0 rings (SSSR count). The first-order chi connectivity index (χ1) is 1.00. The summed E-state index contributed by atoms with van der Waals surface area (Å²) in [6, 6.07) is 0. The summed E-state index contributed by atoms with van der Waals surface area (Å²) < 4.78 is 0. The van der Waals surface area contributed by atoms with Gasteiger partial charge in [-0.05, 0) is 0 Å². The summed E-state index contributed by atoms with van der Waals surface area (Å²) in [7, 11) is 3.78. The van der Waals surface area contributed by atoms with Crippen molar-refractivity contribution in [3.05, 3.63) is 0 Å². The molecular formula is H10AlMgPSi. The number of hydrogen-bond acceptors (Lipinski definition) is 0. The minimum atomic E-state index is 0. The summed E-state index contributed by atoms with van der Waals surface area (Å²) in [4.78, 5) is 0. The average Bonchev–Trinajstić information content (AvgIpc) is 1.00. The van der Waals surface area contributed by atoms with E-state index in [9.17, 15) is 0 Å². The van der Waals surface area contributed by atoms with Crippen molar-refractivity contribution in [3.63, 3.8) is 0 Å². The van der Waals surface area contributed by atoms with E-state index in [4.69, 9.17) is 0 Å². The molecule has 0 amide bonds. The molecule has 0 aromatic carbocycles. The van der Waals surface area contributed by atoms with Crippen molar-refractivity contribution in [2.75, 3.05) is 0 Å². The highest BCUT2D eigenvalue weighted by atomic mass is 31.3. The minimum Gasteiger partial charge on any atom is -0.159 e. The highest BCUT2D eigenvalue weighted by Crippen LogP contribution is 1.42. The first kappa shape index (κ1) is 16.8. The van der Waals surface area contributed by atoms with E-state index in [1.165, 1.54) is 9.91 Å². The summed E-state index contributed by atoms with van der Waals surface area (Å²) in [6.45, 7) is 0. The molecule has 24 valence electrons. The lowest BCUT2D eigenvalue weighted by Gasteiger charge is -1.07. The third-order valence-electron chi connectivity index (χ3n) is 0. The minimum absolute atomic E-state index is 0. The maximum atomic E-state index is 2.56. The maximum absolute atomic E-state index is 2.56. The molecule has 0 heterocycles. The molecule has 0 bridgehead atoms. The van der Waals surface area contributed by atoms with E-state index >= 15 is 0 Å². The van der Waals surface area contributed by atoms with Crippen LogP contribution in [0.3, 0.4) is 0 Å². The summed E-state index contributed by atoms with van der Waals surface area (Å²) in [5.41, 5.74) is 0. The Balaban J connectivity index is -0.00000000500. The molecule has 4 heavy (non-hydrogen) atoms. The van der Waals surface area contributed by atoms with Gasteiger partial charge in [-0.1, -0.05) is 0 Å². The SMILES string of the molecule is [AlH3].[MgH2].[SiH3]P. The molecule has 0 fully saturated rings. The highest BCUT2D eigenvalue weighted by molar-refractivity contribution is 7.49. The van der Waals surface area contributed by atoms with Crippen molar-refractivity contribution in [2.24, 2.45) is 0 Å². The molecule has 1 unspecified atom stereocenters. The second-order valence-corrected chi connectivity index (χ2v) is 0. The Morgan fingerprint density at radius 3 is 1.25 bits per heavy atom. The van der Waals surface area contributed by atoms with Crippen LogP contribution in [0.4, 0.5) is 0 Å². The zero-order valence-electron chi connectivity index (χ0n) is 1.58. The van der Waals surface area contributed by atoms with Crippen LogP contribution in [0.15, 0.2) is 0 Å². The highest BCUT2D eigenvalue weighted by Gasteiger charge is 0.937. The lowest BCUT2D eigenvalue weighted by molar-refractivity contribution is 5.18. The van der Waals surface area contributed by atoms with E-state index in [-0.39, 0.29) is 40.4 Å². The monoisotopic (exact) mass is 120 g/mol. The summed E-state index contributed by atoms with van der Waals surface area (Å²) in [5, 5.41) is 0. The van der Waals surface area contributed by atoms with Crippen LogP contribution in [-0.4, -0.2) is 50.3 Å². The van der Waals surface area contributed by atoms with Crippen LogP contribution in [-0.2, 0) is 0 Å². The largest absolute Gasteiger partial charge is 0.316 e. The third kappa shape index (κ3) is 9.04. The molecule has 0 nitrogen and oxygen atoms in total. The predicted octanol–water partition coefficient (Wildman–Crippen LogP) is -2.96. The van der Waals surface area contributed by atoms with Gasteiger partial charge in [-0.3, -0.25) is 0 Å². The molecule has 0 saturated heterocycles. The van der Waals surface area contributed by atoms with Crippen molar-refractivity contribution < 1.29 is 0 Å². The van der Waals surface area contributed by atoms with Gasteiger partial charge in [-0.2, -0.15) is 8.79 Å². The Bertz CT molecular complexity index is 8.00. The van der Waals surface area contributed by atoms with Gasteiger partial charge in [0.25, 0.3) is 0 Å². The Morgan fingerprint density at radius 1 is 1.25 bits per heavy atom. The summed E-state index contributed by atoms with van der Waals surface area (Å²) in [5.74, 6) is 0. The van der Waals surface area contributed by atoms with Gasteiger partial charge in [0.15, 0.2) is 17.4 Å². The van der Waals surface area contributed by atoms with Crippen LogP contribution in [0.2, 0.25) is 0 Å². The average molecular weight is 120 g/mol. The van der Waals surface area contributed by atoms with E-state index in [1.54, 1.807) is 0 Å². The molecule has 4 heteroatoms. The van der Waals surface area contributed by atoms with Gasteiger partial charge in [0, 0.05) is 9.91 Å². The van der Waals surface area contributed by atoms with Gasteiger partial charge in [0.2, 0.25) is 0 Å². The second kappa shape index (κ2) is 20.3. The van der Waals surface area contributed by atoms with E-state index < -0.39 is 0 Å². The van der Waals surface area contributed by atoms with Crippen LogP contribution in [0, 0.1) is 0 Å². The van der Waals surface area contributed by atoms with Gasteiger partial charge in [0.1, 0.15) is 0 Å². The van der Waals surface area contributed by atoms with Crippen molar-refractivity contribution >= 4 is 59.1 Å². The Hall–Kier alpha value is 1.95. The van der Waals surface area contributed by atoms with Crippen molar-refractivity contribution in [2.45, 2.75) is 0 Å². The van der Waals surface area contributed by atoms with E-state index in [2.05, 4.69) is 8.79 Å². The van der Waals surface area contributed by atoms with Crippen LogP contribution < -0.4 is 0 Å². The number of rotatable bonds is 0. The van der Waals surface area contributed by atoms with Gasteiger partial charge in [-0.25, -0.2) is 0 Å². The summed E-state index contributed by atoms with van der Waals surface area (Å²) in [6.07, 6.45) is 0. The molecule has 0 aromatic heterocycles. The lowest BCUT2D eigenvalue weighted by atomic mass is 24.3. The Labute approximate surface area is 58.9 Å². The fourth-order valence-electron chi connectivity index (χ4n) is 0. The van der Waals surface area contributed by atoms with Crippen LogP contribution in [0.25, 0.3) is 0 Å². The smallest absolute Gasteiger partial charge is 0.159 e. The molecule has 0 saturated carbocycles. The molecule has 0 aliphatic rings. The van der Waals surface area contributed by atoms with Crippen LogP contribution in [0.5, 0.6) is 0 Å². The Kier molecular flexibility index (Phi) is 85.2. The zero-order valence-corrected chi connectivity index (χ0v) is 4.73. The maximum Gasteiger partial charge on any atom is 0.316 e. The van der Waals surface area contributed by atoms with Crippen molar-refractivity contribution in [1.29, 1.82) is 0 Å². The lowest BCUT2D eigenvalue weighted by Crippen LogP contribution is -0.937. The Morgan fingerprint density at radius 2 is 1.25 bits per heavy atom. The van der Waals surface area contributed by atoms with Crippen LogP contribution >= 0.6 is 8.79 Å². The zero-order chi connectivity index (χ0) is 2.00. The molecule has 0 N–H and O–H groups in total. The van der Waals surface area contributed by atoms with E-state index in [1.807, 2.05) is 0 Å². The molecule has 1 atom stereocenters. The first-order valence-electron chi connectivity index (χ1n) is 0.577. The molecule has 0 radical (unpaired) electrons.